The maximum atomic E-state index is 12.5. The van der Waals surface area contributed by atoms with Crippen molar-refractivity contribution in [3.8, 4) is 0 Å². The molecule has 154 valence electrons. The fourth-order valence-corrected chi connectivity index (χ4v) is 4.57. The zero-order valence-electron chi connectivity index (χ0n) is 17.5. The molecule has 3 rings (SSSR count). The van der Waals surface area contributed by atoms with Crippen LogP contribution < -0.4 is 5.32 Å². The Morgan fingerprint density at radius 3 is 2.71 bits per heavy atom. The van der Waals surface area contributed by atoms with E-state index in [4.69, 9.17) is 0 Å². The van der Waals surface area contributed by atoms with Gasteiger partial charge in [-0.25, -0.2) is 0 Å². The molecule has 2 heterocycles. The number of amides is 2. The Bertz CT molecular complexity index is 661. The van der Waals surface area contributed by atoms with Gasteiger partial charge >= 0.3 is 0 Å². The van der Waals surface area contributed by atoms with Gasteiger partial charge in [0.2, 0.25) is 11.8 Å². The standard InChI is InChI=1S/C23H35N3O2/c1-19(2)15-24-21(27)16-25-13-6-11-23(17-25)12-9-22(28)26(18-23)14-10-20-7-4-3-5-8-20/h3-5,7-8,19H,6,9-18H2,1-2H3,(H,24,27)/t23-/m1/s1. The monoisotopic (exact) mass is 385 g/mol. The summed E-state index contributed by atoms with van der Waals surface area (Å²) in [7, 11) is 0. The van der Waals surface area contributed by atoms with Gasteiger partial charge in [0.25, 0.3) is 0 Å². The van der Waals surface area contributed by atoms with Crippen LogP contribution in [0.15, 0.2) is 30.3 Å². The molecule has 2 aliphatic rings. The van der Waals surface area contributed by atoms with E-state index in [1.807, 2.05) is 6.07 Å². The number of carbonyl (C=O) groups excluding carboxylic acids is 2. The number of piperidine rings is 2. The van der Waals surface area contributed by atoms with E-state index < -0.39 is 0 Å². The molecule has 5 nitrogen and oxygen atoms in total. The number of hydrogen-bond donors (Lipinski definition) is 1. The Labute approximate surface area is 169 Å². The molecule has 2 saturated heterocycles. The van der Waals surface area contributed by atoms with E-state index in [9.17, 15) is 9.59 Å². The Morgan fingerprint density at radius 1 is 1.18 bits per heavy atom. The number of likely N-dealkylation sites (tertiary alicyclic amines) is 2. The van der Waals surface area contributed by atoms with Crippen LogP contribution in [0.25, 0.3) is 0 Å². The molecule has 1 N–H and O–H groups in total. The zero-order valence-corrected chi connectivity index (χ0v) is 17.5. The van der Waals surface area contributed by atoms with Crippen LogP contribution in [0, 0.1) is 11.3 Å². The molecule has 0 unspecified atom stereocenters. The van der Waals surface area contributed by atoms with Crippen molar-refractivity contribution >= 4 is 11.8 Å². The van der Waals surface area contributed by atoms with E-state index in [1.54, 1.807) is 0 Å². The van der Waals surface area contributed by atoms with Crippen LogP contribution in [-0.4, -0.2) is 60.9 Å². The molecule has 1 aromatic carbocycles. The average molecular weight is 386 g/mol. The molecular formula is C23H35N3O2. The van der Waals surface area contributed by atoms with Gasteiger partial charge in [-0.1, -0.05) is 44.2 Å². The molecule has 0 bridgehead atoms. The van der Waals surface area contributed by atoms with Gasteiger partial charge in [0.15, 0.2) is 0 Å². The van der Waals surface area contributed by atoms with Gasteiger partial charge in [0, 0.05) is 38.0 Å². The van der Waals surface area contributed by atoms with Crippen LogP contribution in [0.3, 0.4) is 0 Å². The minimum Gasteiger partial charge on any atom is -0.355 e. The van der Waals surface area contributed by atoms with E-state index >= 15 is 0 Å². The number of rotatable bonds is 7. The number of hydrogen-bond acceptors (Lipinski definition) is 3. The SMILES string of the molecule is CC(C)CNC(=O)CN1CCC[C@@]2(CCC(=O)N(CCc3ccccc3)C2)C1. The minimum absolute atomic E-state index is 0.124. The van der Waals surface area contributed by atoms with E-state index in [0.29, 0.717) is 18.9 Å². The summed E-state index contributed by atoms with van der Waals surface area (Å²) < 4.78 is 0. The second kappa shape index (κ2) is 9.55. The van der Waals surface area contributed by atoms with Crippen molar-refractivity contribution in [2.75, 3.05) is 39.3 Å². The highest BCUT2D eigenvalue weighted by Gasteiger charge is 2.41. The van der Waals surface area contributed by atoms with Crippen LogP contribution in [0.4, 0.5) is 0 Å². The van der Waals surface area contributed by atoms with Gasteiger partial charge in [-0.3, -0.25) is 14.5 Å². The lowest BCUT2D eigenvalue weighted by molar-refractivity contribution is -0.140. The van der Waals surface area contributed by atoms with Crippen molar-refractivity contribution in [3.63, 3.8) is 0 Å². The third kappa shape index (κ3) is 5.81. The lowest BCUT2D eigenvalue weighted by Gasteiger charge is -2.48. The van der Waals surface area contributed by atoms with Gasteiger partial charge in [-0.05, 0) is 43.7 Å². The lowest BCUT2D eigenvalue weighted by Crippen LogP contribution is -2.55. The first kappa shape index (κ1) is 20.8. The van der Waals surface area contributed by atoms with Crippen LogP contribution in [0.1, 0.15) is 45.1 Å². The number of carbonyl (C=O) groups is 2. The Hall–Kier alpha value is -1.88. The van der Waals surface area contributed by atoms with Crippen molar-refractivity contribution < 1.29 is 9.59 Å². The largest absolute Gasteiger partial charge is 0.355 e. The number of nitrogens with one attached hydrogen (secondary N) is 1. The minimum atomic E-state index is 0.124. The summed E-state index contributed by atoms with van der Waals surface area (Å²) in [5.74, 6) is 0.881. The van der Waals surface area contributed by atoms with Gasteiger partial charge in [-0.15, -0.1) is 0 Å². The fourth-order valence-electron chi connectivity index (χ4n) is 4.57. The molecule has 0 saturated carbocycles. The number of nitrogens with zero attached hydrogens (tertiary/aromatic N) is 2. The van der Waals surface area contributed by atoms with E-state index in [-0.39, 0.29) is 17.2 Å². The molecular weight excluding hydrogens is 350 g/mol. The highest BCUT2D eigenvalue weighted by atomic mass is 16.2. The molecule has 1 atom stereocenters. The Morgan fingerprint density at radius 2 is 1.96 bits per heavy atom. The summed E-state index contributed by atoms with van der Waals surface area (Å²) in [5, 5.41) is 3.03. The molecule has 1 spiro atoms. The third-order valence-electron chi connectivity index (χ3n) is 6.08. The van der Waals surface area contributed by atoms with Crippen molar-refractivity contribution in [2.24, 2.45) is 11.3 Å². The first-order valence-corrected chi connectivity index (χ1v) is 10.8. The van der Waals surface area contributed by atoms with Crippen LogP contribution in [-0.2, 0) is 16.0 Å². The van der Waals surface area contributed by atoms with Crippen LogP contribution in [0.2, 0.25) is 0 Å². The molecule has 0 aliphatic carbocycles. The van der Waals surface area contributed by atoms with E-state index in [1.165, 1.54) is 5.56 Å². The van der Waals surface area contributed by atoms with Crippen molar-refractivity contribution in [1.82, 2.24) is 15.1 Å². The molecule has 28 heavy (non-hydrogen) atoms. The van der Waals surface area contributed by atoms with Crippen molar-refractivity contribution in [2.45, 2.75) is 46.0 Å². The topological polar surface area (TPSA) is 52.7 Å². The van der Waals surface area contributed by atoms with Crippen molar-refractivity contribution in [3.05, 3.63) is 35.9 Å². The Kier molecular flexibility index (Phi) is 7.11. The second-order valence-corrected chi connectivity index (χ2v) is 9.06. The molecule has 2 fully saturated rings. The highest BCUT2D eigenvalue weighted by Crippen LogP contribution is 2.38. The summed E-state index contributed by atoms with van der Waals surface area (Å²) in [6.45, 7) is 8.97. The maximum absolute atomic E-state index is 12.5. The fraction of sp³-hybridized carbons (Fsp3) is 0.652. The van der Waals surface area contributed by atoms with E-state index in [2.05, 4.69) is 53.2 Å². The molecule has 0 aromatic heterocycles. The highest BCUT2D eigenvalue weighted by molar-refractivity contribution is 5.78. The summed E-state index contributed by atoms with van der Waals surface area (Å²) in [6.07, 6.45) is 4.77. The molecule has 2 amide bonds. The zero-order chi connectivity index (χ0) is 20.0. The summed E-state index contributed by atoms with van der Waals surface area (Å²) in [4.78, 5) is 29.1. The summed E-state index contributed by atoms with van der Waals surface area (Å²) >= 11 is 0. The third-order valence-corrected chi connectivity index (χ3v) is 6.08. The maximum Gasteiger partial charge on any atom is 0.234 e. The Balaban J connectivity index is 1.54. The first-order chi connectivity index (χ1) is 13.5. The van der Waals surface area contributed by atoms with E-state index in [0.717, 1.165) is 58.4 Å². The first-order valence-electron chi connectivity index (χ1n) is 10.8. The molecule has 0 radical (unpaired) electrons. The normalized spacial score (nSPS) is 23.4. The molecule has 1 aromatic rings. The molecule has 5 heteroatoms. The predicted molar refractivity (Wildman–Crippen MR) is 112 cm³/mol. The second-order valence-electron chi connectivity index (χ2n) is 9.06. The predicted octanol–water partition coefficient (Wildman–Crippen LogP) is 2.71. The van der Waals surface area contributed by atoms with Gasteiger partial charge < -0.3 is 10.2 Å². The molecule has 2 aliphatic heterocycles. The van der Waals surface area contributed by atoms with Gasteiger partial charge in [0.1, 0.15) is 0 Å². The lowest BCUT2D eigenvalue weighted by atomic mass is 9.73. The number of benzene rings is 1. The van der Waals surface area contributed by atoms with Crippen molar-refractivity contribution in [1.29, 1.82) is 0 Å². The average Bonchev–Trinajstić information content (AvgIpc) is 2.68. The van der Waals surface area contributed by atoms with Crippen LogP contribution in [0.5, 0.6) is 0 Å². The van der Waals surface area contributed by atoms with Gasteiger partial charge in [0.05, 0.1) is 6.54 Å². The van der Waals surface area contributed by atoms with Crippen LogP contribution >= 0.6 is 0 Å². The summed E-state index contributed by atoms with van der Waals surface area (Å²) in [6, 6.07) is 10.4. The smallest absolute Gasteiger partial charge is 0.234 e. The van der Waals surface area contributed by atoms with Gasteiger partial charge in [-0.2, -0.15) is 0 Å². The summed E-state index contributed by atoms with van der Waals surface area (Å²) in [5.41, 5.74) is 1.43. The quantitative estimate of drug-likeness (QED) is 0.785.